The third kappa shape index (κ3) is 28.5. The summed E-state index contributed by atoms with van der Waals surface area (Å²) in [5.74, 6) is -5.36. The van der Waals surface area contributed by atoms with Crippen LogP contribution in [0.15, 0.2) is 72.8 Å². The number of Topliss-reactive ketones (excluding diaryl/α,β-unsaturated/α-hetero) is 1. The summed E-state index contributed by atoms with van der Waals surface area (Å²) in [4.78, 5) is 133. The normalized spacial score (nSPS) is 15.4. The van der Waals surface area contributed by atoms with Gasteiger partial charge in [-0.2, -0.15) is 0 Å². The second kappa shape index (κ2) is 37.3. The van der Waals surface area contributed by atoms with Crippen LogP contribution >= 0.6 is 34.8 Å². The molecule has 25 nitrogen and oxygen atoms in total. The smallest absolute Gasteiger partial charge is 0.326 e. The molecule has 8 amide bonds. The van der Waals surface area contributed by atoms with Crippen molar-refractivity contribution in [1.82, 2.24) is 40.4 Å². The molecule has 0 bridgehead atoms. The molecule has 0 radical (unpaired) electrons. The number of nitrogens with two attached hydrogens (primary N) is 4. The Bertz CT molecular complexity index is 2740. The number of carbonyl (C=O) groups excluding carboxylic acids is 8. The maximum Gasteiger partial charge on any atom is 0.326 e. The number of carboxylic acid groups (broad SMARTS) is 2. The Labute approximate surface area is 514 Å². The number of nitrogens with one attached hydrogen (secondary N) is 4. The summed E-state index contributed by atoms with van der Waals surface area (Å²) in [6, 6.07) is 18.8. The molecule has 0 aliphatic carbocycles. The van der Waals surface area contributed by atoms with Crippen molar-refractivity contribution in [2.24, 2.45) is 22.9 Å². The van der Waals surface area contributed by atoms with E-state index in [9.17, 15) is 53.1 Å². The monoisotopic (exact) mass is 1310 g/mol. The number of carbonyl (C=O) groups is 10. The average Bonchev–Trinajstić information content (AvgIpc) is 3.62. The lowest BCUT2D eigenvalue weighted by atomic mass is 10.0. The summed E-state index contributed by atoms with van der Waals surface area (Å²) in [6.07, 6.45) is 3.80. The lowest BCUT2D eigenvalue weighted by Gasteiger charge is -2.38. The summed E-state index contributed by atoms with van der Waals surface area (Å²) < 4.78 is 1.03. The lowest BCUT2D eigenvalue weighted by Crippen LogP contribution is -2.54. The van der Waals surface area contributed by atoms with Gasteiger partial charge in [-0.25, -0.2) is 9.59 Å². The van der Waals surface area contributed by atoms with Crippen molar-refractivity contribution in [2.75, 3.05) is 83.9 Å². The maximum atomic E-state index is 13.9. The van der Waals surface area contributed by atoms with E-state index in [0.29, 0.717) is 94.9 Å². The summed E-state index contributed by atoms with van der Waals surface area (Å²) in [5, 5.41) is 29.7. The number of rotatable bonds is 34. The fourth-order valence-electron chi connectivity index (χ4n) is 9.65. The van der Waals surface area contributed by atoms with Crippen LogP contribution in [0.3, 0.4) is 0 Å². The quantitative estimate of drug-likeness (QED) is 0.0231. The van der Waals surface area contributed by atoms with Crippen LogP contribution in [0, 0.1) is 3.57 Å². The molecule has 4 rings (SSSR count). The minimum atomic E-state index is -1.30. The van der Waals surface area contributed by atoms with Crippen LogP contribution in [0.2, 0.25) is 0 Å². The Morgan fingerprint density at radius 3 is 1.74 bits per heavy atom. The number of amides is 8. The van der Waals surface area contributed by atoms with Gasteiger partial charge in [0.1, 0.15) is 6.04 Å². The Balaban J connectivity index is 1.25. The zero-order valence-electron chi connectivity index (χ0n) is 48.1. The number of primary amides is 4. The molecule has 1 aliphatic heterocycles. The van der Waals surface area contributed by atoms with Crippen LogP contribution in [0.4, 0.5) is 10.5 Å². The van der Waals surface area contributed by atoms with Crippen molar-refractivity contribution >= 4 is 105 Å². The second-order valence-electron chi connectivity index (χ2n) is 21.2. The van der Waals surface area contributed by atoms with Crippen LogP contribution in [0.25, 0.3) is 0 Å². The Kier molecular flexibility index (Phi) is 30.8. The first-order valence-electron chi connectivity index (χ1n) is 28.3. The second-order valence-corrected chi connectivity index (χ2v) is 23.0. The average molecular weight is 1310 g/mol. The van der Waals surface area contributed by atoms with Crippen LogP contribution in [-0.4, -0.2) is 196 Å². The molecule has 0 saturated carbocycles. The molecular weight excluding hydrogens is 1230 g/mol. The van der Waals surface area contributed by atoms with Gasteiger partial charge in [0.2, 0.25) is 29.5 Å². The zero-order chi connectivity index (χ0) is 62.4. The lowest BCUT2D eigenvalue weighted by molar-refractivity contribution is -0.139. The standard InChI is InChI=1S/C58H82IN13O12S/c1-39(73)47(22-23-55(79)80)66-58(84)67-48(57(82)83)7-5-6-24-72(33-42-12-18-44(59)19-13-42)56(81)43-16-10-41(11-17-43)32-64-53(78)8-3-2-4-9-54(85)65-45-20-14-40(15-21-45)31-46-34-70(37-51(62)76)28-27-68(35-49(60)74)25-26-69(36-50(61)75)29-30-71(46)38-52(63)77/h10-21,46-48H,2-9,22-38H2,1H3,(H2,60,74)(H2,61,75)(H2,62,76)(H2,63,77)(H,64,78)(H,65,85)(H,79,80)(H,82,83)(H2,66,67,84)/t46?,47-,48-/m1/s1. The fraction of sp³-hybridized carbons (Fsp3) is 0.500. The van der Waals surface area contributed by atoms with Gasteiger partial charge in [0.05, 0.1) is 37.2 Å². The molecule has 14 N–H and O–H groups in total. The van der Waals surface area contributed by atoms with Crippen LogP contribution in [-0.2, 0) is 57.9 Å². The number of ketones is 1. The molecule has 1 unspecified atom stereocenters. The number of urea groups is 1. The van der Waals surface area contributed by atoms with Gasteiger partial charge in [0, 0.05) is 99.2 Å². The van der Waals surface area contributed by atoms with E-state index in [1.165, 1.54) is 6.92 Å². The molecule has 0 aromatic heterocycles. The highest BCUT2D eigenvalue weighted by Crippen LogP contribution is 2.19. The van der Waals surface area contributed by atoms with Crippen molar-refractivity contribution in [3.05, 3.63) is 98.6 Å². The van der Waals surface area contributed by atoms with Crippen molar-refractivity contribution in [1.29, 1.82) is 0 Å². The highest BCUT2D eigenvalue weighted by atomic mass is 127. The summed E-state index contributed by atoms with van der Waals surface area (Å²) in [7, 11) is 0. The number of nitrogens with zero attached hydrogens (tertiary/aromatic N) is 5. The first-order valence-corrected chi connectivity index (χ1v) is 29.8. The van der Waals surface area contributed by atoms with E-state index in [-0.39, 0.29) is 82.9 Å². The third-order valence-electron chi connectivity index (χ3n) is 14.1. The number of aliphatic carboxylic acids is 2. The van der Waals surface area contributed by atoms with Gasteiger partial charge in [-0.1, -0.05) is 55.0 Å². The number of halogens is 1. The number of unbranched alkanes of at least 4 members (excludes halogenated alkanes) is 3. The Morgan fingerprint density at radius 1 is 0.624 bits per heavy atom. The highest BCUT2D eigenvalue weighted by molar-refractivity contribution is 14.1. The van der Waals surface area contributed by atoms with E-state index in [1.54, 1.807) is 29.2 Å². The third-order valence-corrected chi connectivity index (χ3v) is 15.2. The van der Waals surface area contributed by atoms with Crippen molar-refractivity contribution in [2.45, 2.75) is 109 Å². The molecular formula is C58H82IN13O12S. The molecule has 0 spiro atoms. The minimum absolute atomic E-state index is 0.0164. The molecule has 1 saturated heterocycles. The van der Waals surface area contributed by atoms with Crippen LogP contribution in [0.5, 0.6) is 0 Å². The molecule has 464 valence electrons. The van der Waals surface area contributed by atoms with Gasteiger partial charge in [-0.05, 0) is 134 Å². The van der Waals surface area contributed by atoms with E-state index in [4.69, 9.17) is 40.3 Å². The maximum absolute atomic E-state index is 13.9. The molecule has 27 heteroatoms. The minimum Gasteiger partial charge on any atom is -0.481 e. The van der Waals surface area contributed by atoms with Gasteiger partial charge in [0.25, 0.3) is 5.91 Å². The summed E-state index contributed by atoms with van der Waals surface area (Å²) in [6.45, 7) is 4.48. The largest absolute Gasteiger partial charge is 0.481 e. The van der Waals surface area contributed by atoms with E-state index in [2.05, 4.69) is 43.9 Å². The predicted octanol–water partition coefficient (Wildman–Crippen LogP) is 1.76. The number of thiocarbonyl (C=S) groups is 1. The Hall–Kier alpha value is -7.18. The van der Waals surface area contributed by atoms with E-state index in [1.807, 2.05) is 68.1 Å². The first kappa shape index (κ1) is 70.3. The molecule has 3 aromatic carbocycles. The molecule has 3 aromatic rings. The van der Waals surface area contributed by atoms with Gasteiger partial charge >= 0.3 is 18.0 Å². The molecule has 1 aliphatic rings. The SMILES string of the molecule is CC(=O)[C@@H](CCC(=O)O)NC(=O)N[C@H](CCCCN(Cc1ccc(I)cc1)C(=O)c1ccc(CNC(=O)CCCCCC(=S)Nc2ccc(CC3CN(CC(N)=O)CCN(CC(N)=O)CCN(CC(N)=O)CCN3CC(N)=O)cc2)cc1)C(=O)O. The number of carboxylic acids is 2. The molecule has 85 heavy (non-hydrogen) atoms. The van der Waals surface area contributed by atoms with E-state index >= 15 is 0 Å². The summed E-state index contributed by atoms with van der Waals surface area (Å²) >= 11 is 7.86. The molecule has 3 atom stereocenters. The fourth-order valence-corrected chi connectivity index (χ4v) is 10.3. The topological polar surface area (TPSA) is 380 Å². The summed E-state index contributed by atoms with van der Waals surface area (Å²) in [5.41, 5.74) is 26.4. The Morgan fingerprint density at radius 2 is 1.16 bits per heavy atom. The first-order chi connectivity index (χ1) is 40.4. The van der Waals surface area contributed by atoms with Crippen LogP contribution in [0.1, 0.15) is 98.2 Å². The van der Waals surface area contributed by atoms with Gasteiger partial charge in [0.15, 0.2) is 5.78 Å². The number of hydrogen-bond donors (Lipinski definition) is 10. The van der Waals surface area contributed by atoms with E-state index < -0.39 is 59.5 Å². The number of hydrogen-bond acceptors (Lipinski definition) is 15. The highest BCUT2D eigenvalue weighted by Gasteiger charge is 2.28. The number of benzene rings is 3. The van der Waals surface area contributed by atoms with Gasteiger partial charge in [-0.3, -0.25) is 58.0 Å². The van der Waals surface area contributed by atoms with Gasteiger partial charge in [-0.15, -0.1) is 0 Å². The van der Waals surface area contributed by atoms with Crippen molar-refractivity contribution in [3.8, 4) is 0 Å². The zero-order valence-corrected chi connectivity index (χ0v) is 51.1. The molecule has 1 fully saturated rings. The molecule has 1 heterocycles. The van der Waals surface area contributed by atoms with Crippen LogP contribution < -0.4 is 44.2 Å². The van der Waals surface area contributed by atoms with Crippen molar-refractivity contribution < 1.29 is 58.2 Å². The van der Waals surface area contributed by atoms with E-state index in [0.717, 1.165) is 38.8 Å². The predicted molar refractivity (Wildman–Crippen MR) is 331 cm³/mol. The number of anilines is 1. The van der Waals surface area contributed by atoms with Gasteiger partial charge < -0.3 is 59.3 Å². The van der Waals surface area contributed by atoms with Crippen molar-refractivity contribution in [3.63, 3.8) is 0 Å².